The highest BCUT2D eigenvalue weighted by Gasteiger charge is 2.22. The minimum atomic E-state index is -0.774. The van der Waals surface area contributed by atoms with Gasteiger partial charge in [0.25, 0.3) is 0 Å². The van der Waals surface area contributed by atoms with E-state index in [9.17, 15) is 24.0 Å². The Morgan fingerprint density at radius 3 is 1.05 bits per heavy atom. The highest BCUT2D eigenvalue weighted by atomic mass is 16.6. The largest absolute Gasteiger partial charge is 0.496 e. The summed E-state index contributed by atoms with van der Waals surface area (Å²) in [5.41, 5.74) is 2.34. The number of hydrogen-bond donors (Lipinski definition) is 0. The molecule has 0 aliphatic rings. The van der Waals surface area contributed by atoms with Gasteiger partial charge in [-0.15, -0.1) is 0 Å². The Morgan fingerprint density at radius 1 is 0.367 bits per heavy atom. The van der Waals surface area contributed by atoms with E-state index in [0.29, 0.717) is 29.3 Å². The Balaban J connectivity index is 1.01. The Kier molecular flexibility index (Phi) is 13.1. The molecule has 14 nitrogen and oxygen atoms in total. The zero-order valence-corrected chi connectivity index (χ0v) is 32.8. The fourth-order valence-electron chi connectivity index (χ4n) is 5.77. The molecule has 0 spiro atoms. The maximum atomic E-state index is 12.9. The lowest BCUT2D eigenvalue weighted by Crippen LogP contribution is -2.12. The van der Waals surface area contributed by atoms with Gasteiger partial charge >= 0.3 is 23.9 Å². The van der Waals surface area contributed by atoms with Crippen LogP contribution in [0.3, 0.4) is 0 Å². The van der Waals surface area contributed by atoms with Crippen molar-refractivity contribution in [3.8, 4) is 62.9 Å². The van der Waals surface area contributed by atoms with Crippen LogP contribution in [0, 0.1) is 0 Å². The lowest BCUT2D eigenvalue weighted by Gasteiger charge is -2.13. The summed E-state index contributed by atoms with van der Waals surface area (Å²) >= 11 is 0. The van der Waals surface area contributed by atoms with Gasteiger partial charge in [0.1, 0.15) is 51.4 Å². The van der Waals surface area contributed by atoms with E-state index in [1.807, 2.05) is 0 Å². The van der Waals surface area contributed by atoms with Crippen molar-refractivity contribution >= 4 is 30.2 Å². The summed E-state index contributed by atoms with van der Waals surface area (Å²) in [5, 5.41) is 0. The van der Waals surface area contributed by atoms with Gasteiger partial charge in [-0.3, -0.25) is 4.79 Å². The second-order valence-corrected chi connectivity index (χ2v) is 12.5. The van der Waals surface area contributed by atoms with E-state index in [4.69, 9.17) is 42.6 Å². The van der Waals surface area contributed by atoms with Crippen LogP contribution in [-0.4, -0.2) is 65.7 Å². The fraction of sp³-hybridized carbons (Fsp3) is 0.109. The molecule has 0 radical (unpaired) electrons. The van der Waals surface area contributed by atoms with Gasteiger partial charge in [0.2, 0.25) is 0 Å². The van der Waals surface area contributed by atoms with Crippen LogP contribution in [0.1, 0.15) is 51.8 Å². The molecule has 0 aliphatic heterocycles. The first-order chi connectivity index (χ1) is 29.1. The van der Waals surface area contributed by atoms with Crippen LogP contribution < -0.4 is 42.6 Å². The molecule has 0 unspecified atom stereocenters. The van der Waals surface area contributed by atoms with Crippen molar-refractivity contribution in [2.24, 2.45) is 0 Å². The van der Waals surface area contributed by atoms with E-state index < -0.39 is 23.9 Å². The van der Waals surface area contributed by atoms with Crippen LogP contribution in [0.15, 0.2) is 121 Å². The number of benzene rings is 6. The summed E-state index contributed by atoms with van der Waals surface area (Å²) in [6, 6.07) is 31.0. The second kappa shape index (κ2) is 18.9. The number of carbonyl (C=O) groups is 5. The first-order valence-electron chi connectivity index (χ1n) is 17.9. The molecule has 0 fully saturated rings. The highest BCUT2D eigenvalue weighted by Crippen LogP contribution is 2.35. The SMILES string of the molecule is COc1cc(OC)c(C(=O)Oc2ccc(C(=O)Oc3ccc(-c4ccc(OC(=O)c5ccc(OC(=O)c6cc(OC)c(OC)cc6OC)cc5)cc4)cc3)cc2)cc1C=O. The number of ether oxygens (including phenoxy) is 9. The number of rotatable bonds is 15. The molecule has 6 rings (SSSR count). The predicted molar refractivity (Wildman–Crippen MR) is 216 cm³/mol. The molecule has 6 aromatic rings. The topological polar surface area (TPSA) is 168 Å². The minimum absolute atomic E-state index is 0.0178. The van der Waals surface area contributed by atoms with Gasteiger partial charge in [-0.25, -0.2) is 19.2 Å². The van der Waals surface area contributed by atoms with E-state index in [0.717, 1.165) is 11.1 Å². The van der Waals surface area contributed by atoms with E-state index in [1.54, 1.807) is 48.5 Å². The summed E-state index contributed by atoms with van der Waals surface area (Å²) in [6.07, 6.45) is 0.553. The minimum Gasteiger partial charge on any atom is -0.496 e. The lowest BCUT2D eigenvalue weighted by atomic mass is 10.1. The first-order valence-corrected chi connectivity index (χ1v) is 17.9. The Morgan fingerprint density at radius 2 is 0.683 bits per heavy atom. The number of esters is 4. The molecule has 0 saturated carbocycles. The fourth-order valence-corrected chi connectivity index (χ4v) is 5.77. The van der Waals surface area contributed by atoms with Gasteiger partial charge < -0.3 is 42.6 Å². The van der Waals surface area contributed by atoms with Crippen LogP contribution in [0.5, 0.6) is 51.7 Å². The summed E-state index contributed by atoms with van der Waals surface area (Å²) in [5.74, 6) is -0.441. The molecule has 0 bridgehead atoms. The molecule has 304 valence electrons. The zero-order valence-electron chi connectivity index (χ0n) is 32.8. The molecular formula is C46H36O14. The Bertz CT molecular complexity index is 2530. The average Bonchev–Trinajstić information content (AvgIpc) is 3.28. The summed E-state index contributed by atoms with van der Waals surface area (Å²) in [7, 11) is 7.09. The molecule has 0 aliphatic carbocycles. The van der Waals surface area contributed by atoms with Gasteiger partial charge in [-0.05, 0) is 90.0 Å². The molecule has 0 amide bonds. The van der Waals surface area contributed by atoms with Crippen molar-refractivity contribution in [1.29, 1.82) is 0 Å². The smallest absolute Gasteiger partial charge is 0.347 e. The van der Waals surface area contributed by atoms with E-state index in [2.05, 4.69) is 0 Å². The number of hydrogen-bond acceptors (Lipinski definition) is 14. The Hall–Kier alpha value is -8.13. The van der Waals surface area contributed by atoms with Gasteiger partial charge in [0, 0.05) is 18.2 Å². The van der Waals surface area contributed by atoms with Crippen LogP contribution >= 0.6 is 0 Å². The van der Waals surface area contributed by atoms with Crippen LogP contribution in [0.25, 0.3) is 11.1 Å². The number of methoxy groups -OCH3 is 5. The average molecular weight is 813 g/mol. The molecular weight excluding hydrogens is 776 g/mol. The lowest BCUT2D eigenvalue weighted by molar-refractivity contribution is 0.0717. The van der Waals surface area contributed by atoms with Gasteiger partial charge in [-0.2, -0.15) is 0 Å². The molecule has 0 aromatic heterocycles. The third-order valence-electron chi connectivity index (χ3n) is 8.89. The summed E-state index contributed by atoms with van der Waals surface area (Å²) < 4.78 is 48.3. The van der Waals surface area contributed by atoms with Crippen molar-refractivity contribution in [1.82, 2.24) is 0 Å². The van der Waals surface area contributed by atoms with Crippen LogP contribution in [0.2, 0.25) is 0 Å². The molecule has 0 heterocycles. The molecule has 0 N–H and O–H groups in total. The second-order valence-electron chi connectivity index (χ2n) is 12.5. The standard InChI is InChI=1S/C46H36O14/c1-52-38-24-39(53-2)36(22-31(38)26-47)45(50)59-34-18-10-29(11-19-34)43(48)57-32-14-6-27(7-15-32)28-8-16-33(17-9-28)58-44(49)30-12-20-35(21-13-30)60-46(51)37-23-41(55-4)42(56-5)25-40(37)54-3/h6-26H,1-5H3. The Labute approximate surface area is 343 Å². The van der Waals surface area contributed by atoms with Crippen LogP contribution in [-0.2, 0) is 0 Å². The predicted octanol–water partition coefficient (Wildman–Crippen LogP) is 8.09. The van der Waals surface area contributed by atoms with Crippen molar-refractivity contribution in [2.75, 3.05) is 35.5 Å². The quantitative estimate of drug-likeness (QED) is 0.0554. The number of carbonyl (C=O) groups excluding carboxylic acids is 5. The highest BCUT2D eigenvalue weighted by molar-refractivity contribution is 5.98. The maximum absolute atomic E-state index is 12.9. The summed E-state index contributed by atoms with van der Waals surface area (Å²) in [4.78, 5) is 63.0. The summed E-state index contributed by atoms with van der Waals surface area (Å²) in [6.45, 7) is 0. The van der Waals surface area contributed by atoms with E-state index in [-0.39, 0.29) is 56.6 Å². The maximum Gasteiger partial charge on any atom is 0.347 e. The molecule has 0 saturated heterocycles. The van der Waals surface area contributed by atoms with Gasteiger partial charge in [0.05, 0.1) is 52.2 Å². The van der Waals surface area contributed by atoms with Gasteiger partial charge in [0.15, 0.2) is 17.8 Å². The molecule has 6 aromatic carbocycles. The number of aldehydes is 1. The zero-order chi connectivity index (χ0) is 42.8. The molecule has 0 atom stereocenters. The van der Waals surface area contributed by atoms with Crippen molar-refractivity contribution < 1.29 is 66.6 Å². The monoisotopic (exact) mass is 812 g/mol. The van der Waals surface area contributed by atoms with E-state index >= 15 is 0 Å². The first kappa shape index (κ1) is 41.5. The van der Waals surface area contributed by atoms with Crippen molar-refractivity contribution in [3.63, 3.8) is 0 Å². The van der Waals surface area contributed by atoms with Crippen molar-refractivity contribution in [3.05, 3.63) is 149 Å². The third kappa shape index (κ3) is 9.52. The van der Waals surface area contributed by atoms with Gasteiger partial charge in [-0.1, -0.05) is 24.3 Å². The van der Waals surface area contributed by atoms with Crippen LogP contribution in [0.4, 0.5) is 0 Å². The van der Waals surface area contributed by atoms with Crippen molar-refractivity contribution in [2.45, 2.75) is 0 Å². The normalized spacial score (nSPS) is 10.4. The third-order valence-corrected chi connectivity index (χ3v) is 8.89. The molecule has 14 heteroatoms. The molecule has 60 heavy (non-hydrogen) atoms. The van der Waals surface area contributed by atoms with E-state index in [1.165, 1.54) is 108 Å².